The van der Waals surface area contributed by atoms with Gasteiger partial charge in [-0.05, 0) is 24.6 Å². The van der Waals surface area contributed by atoms with E-state index in [-0.39, 0.29) is 12.3 Å². The molecule has 0 bridgehead atoms. The lowest BCUT2D eigenvalue weighted by atomic mass is 10.2. The van der Waals surface area contributed by atoms with Crippen LogP contribution in [0.2, 0.25) is 0 Å². The molecule has 0 unspecified atom stereocenters. The minimum Gasteiger partial charge on any atom is -0.481 e. The molecule has 0 aliphatic rings. The Bertz CT molecular complexity index is 420. The van der Waals surface area contributed by atoms with Crippen molar-refractivity contribution in [3.8, 4) is 0 Å². The summed E-state index contributed by atoms with van der Waals surface area (Å²) in [4.78, 5) is 23.8. The first-order valence-electron chi connectivity index (χ1n) is 5.23. The second kappa shape index (κ2) is 6.39. The second-order valence-electron chi connectivity index (χ2n) is 3.73. The van der Waals surface area contributed by atoms with Crippen molar-refractivity contribution in [1.82, 2.24) is 4.90 Å². The smallest absolute Gasteiger partial charge is 0.303 e. The molecule has 0 aliphatic heterocycles. The maximum Gasteiger partial charge on any atom is 0.303 e. The number of carbonyl (C=O) groups excluding carboxylic acids is 1. The van der Waals surface area contributed by atoms with Gasteiger partial charge in [0.25, 0.3) is 5.91 Å². The van der Waals surface area contributed by atoms with Crippen molar-refractivity contribution in [2.45, 2.75) is 12.8 Å². The highest BCUT2D eigenvalue weighted by molar-refractivity contribution is 9.10. The summed E-state index contributed by atoms with van der Waals surface area (Å²) in [7, 11) is 1.67. The maximum absolute atomic E-state index is 11.9. The van der Waals surface area contributed by atoms with E-state index in [0.717, 1.165) is 4.47 Å². The fraction of sp³-hybridized carbons (Fsp3) is 0.333. The van der Waals surface area contributed by atoms with Crippen LogP contribution in [-0.2, 0) is 4.79 Å². The molecule has 5 heteroatoms. The molecule has 0 fully saturated rings. The molecule has 0 aromatic heterocycles. The number of amides is 1. The Morgan fingerprint density at radius 2 is 2.12 bits per heavy atom. The maximum atomic E-state index is 11.9. The Labute approximate surface area is 108 Å². The lowest BCUT2D eigenvalue weighted by Crippen LogP contribution is -2.28. The second-order valence-corrected chi connectivity index (χ2v) is 4.65. The zero-order chi connectivity index (χ0) is 12.8. The number of nitrogens with zero attached hydrogens (tertiary/aromatic N) is 1. The van der Waals surface area contributed by atoms with Crippen LogP contribution in [0.25, 0.3) is 0 Å². The average molecular weight is 300 g/mol. The van der Waals surface area contributed by atoms with E-state index in [1.54, 1.807) is 25.2 Å². The molecule has 1 rings (SSSR count). The van der Waals surface area contributed by atoms with Crippen LogP contribution < -0.4 is 0 Å². The van der Waals surface area contributed by atoms with Crippen molar-refractivity contribution < 1.29 is 14.7 Å². The van der Waals surface area contributed by atoms with E-state index in [9.17, 15) is 9.59 Å². The van der Waals surface area contributed by atoms with Gasteiger partial charge in [-0.25, -0.2) is 0 Å². The number of carboxylic acid groups (broad SMARTS) is 1. The average Bonchev–Trinajstić information content (AvgIpc) is 2.27. The summed E-state index contributed by atoms with van der Waals surface area (Å²) in [6.45, 7) is 0.442. The third-order valence-electron chi connectivity index (χ3n) is 2.30. The monoisotopic (exact) mass is 299 g/mol. The lowest BCUT2D eigenvalue weighted by Gasteiger charge is -2.16. The number of carboxylic acids is 1. The van der Waals surface area contributed by atoms with Gasteiger partial charge < -0.3 is 10.0 Å². The number of rotatable bonds is 5. The summed E-state index contributed by atoms with van der Waals surface area (Å²) in [5.74, 6) is -0.940. The molecule has 1 amide bonds. The molecule has 0 atom stereocenters. The summed E-state index contributed by atoms with van der Waals surface area (Å²) in [5, 5.41) is 8.51. The standard InChI is InChI=1S/C12H14BrNO3/c1-14(7-3-6-11(15)16)12(17)9-4-2-5-10(13)8-9/h2,4-5,8H,3,6-7H2,1H3,(H,15,16). The first kappa shape index (κ1) is 13.7. The summed E-state index contributed by atoms with van der Waals surface area (Å²) in [6.07, 6.45) is 0.543. The number of aliphatic carboxylic acids is 1. The summed E-state index contributed by atoms with van der Waals surface area (Å²) >= 11 is 3.30. The molecular weight excluding hydrogens is 286 g/mol. The quantitative estimate of drug-likeness (QED) is 0.908. The molecule has 0 radical (unpaired) electrons. The molecule has 17 heavy (non-hydrogen) atoms. The van der Waals surface area contributed by atoms with Crippen LogP contribution in [0.5, 0.6) is 0 Å². The Balaban J connectivity index is 2.54. The van der Waals surface area contributed by atoms with Gasteiger partial charge >= 0.3 is 5.97 Å². The van der Waals surface area contributed by atoms with Crippen molar-refractivity contribution in [2.24, 2.45) is 0 Å². The van der Waals surface area contributed by atoms with Gasteiger partial charge in [-0.2, -0.15) is 0 Å². The molecule has 0 saturated carbocycles. The van der Waals surface area contributed by atoms with Gasteiger partial charge in [-0.3, -0.25) is 9.59 Å². The molecule has 1 aromatic rings. The van der Waals surface area contributed by atoms with E-state index in [1.807, 2.05) is 6.07 Å². The highest BCUT2D eigenvalue weighted by Gasteiger charge is 2.11. The van der Waals surface area contributed by atoms with Gasteiger partial charge in [0, 0.05) is 30.0 Å². The molecular formula is C12H14BrNO3. The Morgan fingerprint density at radius 1 is 1.41 bits per heavy atom. The molecule has 92 valence electrons. The minimum absolute atomic E-state index is 0.0795. The lowest BCUT2D eigenvalue weighted by molar-refractivity contribution is -0.137. The highest BCUT2D eigenvalue weighted by Crippen LogP contribution is 2.13. The Hall–Kier alpha value is -1.36. The number of hydrogen-bond donors (Lipinski definition) is 1. The van der Waals surface area contributed by atoms with Gasteiger partial charge in [-0.15, -0.1) is 0 Å². The number of carbonyl (C=O) groups is 2. The van der Waals surface area contributed by atoms with E-state index in [1.165, 1.54) is 4.90 Å². The van der Waals surface area contributed by atoms with Crippen LogP contribution in [0.1, 0.15) is 23.2 Å². The SMILES string of the molecule is CN(CCCC(=O)O)C(=O)c1cccc(Br)c1. The zero-order valence-corrected chi connectivity index (χ0v) is 11.1. The number of benzene rings is 1. The van der Waals surface area contributed by atoms with Crippen molar-refractivity contribution in [2.75, 3.05) is 13.6 Å². The third-order valence-corrected chi connectivity index (χ3v) is 2.80. The largest absolute Gasteiger partial charge is 0.481 e. The minimum atomic E-state index is -0.840. The van der Waals surface area contributed by atoms with E-state index >= 15 is 0 Å². The Morgan fingerprint density at radius 3 is 2.71 bits per heavy atom. The normalized spacial score (nSPS) is 10.0. The molecule has 1 aromatic carbocycles. The van der Waals surface area contributed by atoms with E-state index in [4.69, 9.17) is 5.11 Å². The van der Waals surface area contributed by atoms with Gasteiger partial charge in [0.05, 0.1) is 0 Å². The van der Waals surface area contributed by atoms with Crippen LogP contribution >= 0.6 is 15.9 Å². The van der Waals surface area contributed by atoms with Crippen molar-refractivity contribution >= 4 is 27.8 Å². The fourth-order valence-corrected chi connectivity index (χ4v) is 1.81. The summed E-state index contributed by atoms with van der Waals surface area (Å²) in [5.41, 5.74) is 0.595. The predicted molar refractivity (Wildman–Crippen MR) is 68.0 cm³/mol. The van der Waals surface area contributed by atoms with Gasteiger partial charge in [0.1, 0.15) is 0 Å². The number of halogens is 1. The highest BCUT2D eigenvalue weighted by atomic mass is 79.9. The van der Waals surface area contributed by atoms with Crippen LogP contribution in [-0.4, -0.2) is 35.5 Å². The summed E-state index contributed by atoms with van der Waals surface area (Å²) in [6, 6.07) is 7.13. The first-order valence-corrected chi connectivity index (χ1v) is 6.03. The fourth-order valence-electron chi connectivity index (χ4n) is 1.41. The third kappa shape index (κ3) is 4.56. The van der Waals surface area contributed by atoms with Crippen molar-refractivity contribution in [3.05, 3.63) is 34.3 Å². The van der Waals surface area contributed by atoms with Crippen LogP contribution in [0, 0.1) is 0 Å². The van der Waals surface area contributed by atoms with E-state index in [2.05, 4.69) is 15.9 Å². The van der Waals surface area contributed by atoms with E-state index < -0.39 is 5.97 Å². The molecule has 0 aliphatic carbocycles. The first-order chi connectivity index (χ1) is 8.00. The summed E-state index contributed by atoms with van der Waals surface area (Å²) < 4.78 is 0.849. The topological polar surface area (TPSA) is 57.6 Å². The van der Waals surface area contributed by atoms with Gasteiger partial charge in [0.2, 0.25) is 0 Å². The van der Waals surface area contributed by atoms with Crippen LogP contribution in [0.15, 0.2) is 28.7 Å². The molecule has 4 nitrogen and oxygen atoms in total. The van der Waals surface area contributed by atoms with E-state index in [0.29, 0.717) is 18.5 Å². The predicted octanol–water partition coefficient (Wildman–Crippen LogP) is 2.39. The zero-order valence-electron chi connectivity index (χ0n) is 9.52. The molecule has 1 N–H and O–H groups in total. The van der Waals surface area contributed by atoms with Crippen LogP contribution in [0.4, 0.5) is 0 Å². The van der Waals surface area contributed by atoms with Crippen molar-refractivity contribution in [3.63, 3.8) is 0 Å². The van der Waals surface area contributed by atoms with Crippen LogP contribution in [0.3, 0.4) is 0 Å². The molecule has 0 saturated heterocycles. The Kier molecular flexibility index (Phi) is 5.15. The van der Waals surface area contributed by atoms with Gasteiger partial charge in [0.15, 0.2) is 0 Å². The molecule has 0 heterocycles. The van der Waals surface area contributed by atoms with Crippen molar-refractivity contribution in [1.29, 1.82) is 0 Å². The molecule has 0 spiro atoms. The number of hydrogen-bond acceptors (Lipinski definition) is 2. The van der Waals surface area contributed by atoms with Gasteiger partial charge in [-0.1, -0.05) is 22.0 Å².